The third-order valence-corrected chi connectivity index (χ3v) is 2.66. The van der Waals surface area contributed by atoms with E-state index in [1.165, 1.54) is 11.1 Å². The Morgan fingerprint density at radius 1 is 1.20 bits per heavy atom. The van der Waals surface area contributed by atoms with Crippen LogP contribution in [0.5, 0.6) is 0 Å². The Morgan fingerprint density at radius 3 is 2.47 bits per heavy atom. The van der Waals surface area contributed by atoms with E-state index in [-0.39, 0.29) is 11.8 Å². The fourth-order valence-corrected chi connectivity index (χ4v) is 1.92. The summed E-state index contributed by atoms with van der Waals surface area (Å²) >= 11 is 3.26. The van der Waals surface area contributed by atoms with Crippen LogP contribution >= 0.6 is 15.9 Å². The molecule has 0 radical (unpaired) electrons. The van der Waals surface area contributed by atoms with Crippen LogP contribution in [0.4, 0.5) is 5.69 Å². The molecule has 1 saturated heterocycles. The fraction of sp³-hybridized carbons (Fsp3) is 0.300. The quantitative estimate of drug-likeness (QED) is 0.731. The molecule has 0 unspecified atom stereocenters. The molecule has 1 aliphatic rings. The highest BCUT2D eigenvalue weighted by atomic mass is 79.9. The van der Waals surface area contributed by atoms with E-state index in [9.17, 15) is 9.59 Å². The summed E-state index contributed by atoms with van der Waals surface area (Å²) in [6.45, 7) is 0. The van der Waals surface area contributed by atoms with Gasteiger partial charge in [0.1, 0.15) is 0 Å². The second-order valence-electron chi connectivity index (χ2n) is 3.34. The summed E-state index contributed by atoms with van der Waals surface area (Å²) in [7, 11) is 0. The number of anilines is 1. The molecule has 1 aromatic heterocycles. The van der Waals surface area contributed by atoms with Crippen LogP contribution in [0.3, 0.4) is 0 Å². The highest BCUT2D eigenvalue weighted by molar-refractivity contribution is 9.10. The number of halogens is 1. The van der Waals surface area contributed by atoms with Gasteiger partial charge in [-0.05, 0) is 28.4 Å². The lowest BCUT2D eigenvalue weighted by Crippen LogP contribution is -2.40. The van der Waals surface area contributed by atoms with Crippen LogP contribution in [0.1, 0.15) is 19.3 Å². The molecule has 1 fully saturated rings. The number of nitrogens with zero attached hydrogens (tertiary/aromatic N) is 2. The monoisotopic (exact) mass is 268 g/mol. The lowest BCUT2D eigenvalue weighted by Gasteiger charge is -2.24. The predicted molar refractivity (Wildman–Crippen MR) is 58.3 cm³/mol. The van der Waals surface area contributed by atoms with E-state index in [0.717, 1.165) is 4.47 Å². The van der Waals surface area contributed by atoms with Crippen LogP contribution < -0.4 is 4.90 Å². The third kappa shape index (κ3) is 2.07. The molecule has 0 N–H and O–H groups in total. The average molecular weight is 269 g/mol. The third-order valence-electron chi connectivity index (χ3n) is 2.23. The van der Waals surface area contributed by atoms with Crippen molar-refractivity contribution in [3.05, 3.63) is 22.9 Å². The zero-order valence-electron chi connectivity index (χ0n) is 7.94. The SMILES string of the molecule is O=C1CCCC(=O)N1c1cncc(Br)c1. The molecule has 0 spiro atoms. The summed E-state index contributed by atoms with van der Waals surface area (Å²) in [6.07, 6.45) is 4.64. The smallest absolute Gasteiger partial charge is 0.233 e. The molecule has 2 heterocycles. The second kappa shape index (κ2) is 4.10. The van der Waals surface area contributed by atoms with Crippen LogP contribution in [-0.2, 0) is 9.59 Å². The van der Waals surface area contributed by atoms with Gasteiger partial charge in [0.15, 0.2) is 0 Å². The maximum Gasteiger partial charge on any atom is 0.233 e. The Hall–Kier alpha value is -1.23. The van der Waals surface area contributed by atoms with Gasteiger partial charge in [0.05, 0.1) is 11.9 Å². The summed E-state index contributed by atoms with van der Waals surface area (Å²) in [5, 5.41) is 0. The minimum atomic E-state index is -0.147. The summed E-state index contributed by atoms with van der Waals surface area (Å²) < 4.78 is 0.756. The normalized spacial score (nSPS) is 17.0. The molecule has 1 aliphatic heterocycles. The Balaban J connectivity index is 2.35. The molecule has 0 aliphatic carbocycles. The molecule has 2 rings (SSSR count). The zero-order chi connectivity index (χ0) is 10.8. The summed E-state index contributed by atoms with van der Waals surface area (Å²) in [4.78, 5) is 28.3. The first-order valence-electron chi connectivity index (χ1n) is 4.65. The molecule has 0 saturated carbocycles. The van der Waals surface area contributed by atoms with Crippen molar-refractivity contribution in [1.29, 1.82) is 0 Å². The molecular formula is C10H9BrN2O2. The summed E-state index contributed by atoms with van der Waals surface area (Å²) in [5.41, 5.74) is 0.541. The van der Waals surface area contributed by atoms with E-state index in [1.54, 1.807) is 12.3 Å². The van der Waals surface area contributed by atoms with Crippen molar-refractivity contribution in [3.63, 3.8) is 0 Å². The van der Waals surface area contributed by atoms with Gasteiger partial charge < -0.3 is 0 Å². The molecular weight excluding hydrogens is 260 g/mol. The second-order valence-corrected chi connectivity index (χ2v) is 4.25. The van der Waals surface area contributed by atoms with E-state index in [0.29, 0.717) is 24.9 Å². The van der Waals surface area contributed by atoms with Gasteiger partial charge in [-0.25, -0.2) is 4.90 Å². The number of piperidine rings is 1. The van der Waals surface area contributed by atoms with E-state index in [2.05, 4.69) is 20.9 Å². The maximum absolute atomic E-state index is 11.6. The van der Waals surface area contributed by atoms with Crippen LogP contribution in [-0.4, -0.2) is 16.8 Å². The first kappa shape index (κ1) is 10.3. The van der Waals surface area contributed by atoms with Gasteiger partial charge in [-0.15, -0.1) is 0 Å². The number of hydrogen-bond acceptors (Lipinski definition) is 3. The van der Waals surface area contributed by atoms with Crippen molar-refractivity contribution >= 4 is 33.4 Å². The van der Waals surface area contributed by atoms with Gasteiger partial charge in [-0.2, -0.15) is 0 Å². The lowest BCUT2D eigenvalue weighted by molar-refractivity contribution is -0.129. The number of aromatic nitrogens is 1. The van der Waals surface area contributed by atoms with Gasteiger partial charge in [0, 0.05) is 23.5 Å². The lowest BCUT2D eigenvalue weighted by atomic mass is 10.1. The van der Waals surface area contributed by atoms with E-state index in [1.807, 2.05) is 0 Å². The highest BCUT2D eigenvalue weighted by Gasteiger charge is 2.27. The number of imide groups is 1. The first-order chi connectivity index (χ1) is 7.18. The van der Waals surface area contributed by atoms with E-state index in [4.69, 9.17) is 0 Å². The Labute approximate surface area is 95.4 Å². The average Bonchev–Trinajstić information content (AvgIpc) is 2.17. The summed E-state index contributed by atoms with van der Waals surface area (Å²) in [5.74, 6) is -0.294. The summed E-state index contributed by atoms with van der Waals surface area (Å²) in [6, 6.07) is 1.72. The zero-order valence-corrected chi connectivity index (χ0v) is 9.53. The fourth-order valence-electron chi connectivity index (χ4n) is 1.56. The molecule has 78 valence electrons. The largest absolute Gasteiger partial charge is 0.274 e. The van der Waals surface area contributed by atoms with Gasteiger partial charge >= 0.3 is 0 Å². The van der Waals surface area contributed by atoms with Crippen molar-refractivity contribution < 1.29 is 9.59 Å². The topological polar surface area (TPSA) is 50.3 Å². The van der Waals surface area contributed by atoms with Crippen molar-refractivity contribution in [1.82, 2.24) is 4.98 Å². The van der Waals surface area contributed by atoms with Crippen molar-refractivity contribution in [2.24, 2.45) is 0 Å². The Bertz CT molecular complexity index is 404. The number of amides is 2. The molecule has 0 bridgehead atoms. The molecule has 4 nitrogen and oxygen atoms in total. The molecule has 2 amide bonds. The number of carbonyl (C=O) groups excluding carboxylic acids is 2. The van der Waals surface area contributed by atoms with Crippen LogP contribution in [0.15, 0.2) is 22.9 Å². The first-order valence-corrected chi connectivity index (χ1v) is 5.44. The molecule has 0 aromatic carbocycles. The molecule has 1 aromatic rings. The number of hydrogen-bond donors (Lipinski definition) is 0. The molecule has 0 atom stereocenters. The minimum Gasteiger partial charge on any atom is -0.274 e. The Kier molecular flexibility index (Phi) is 2.81. The maximum atomic E-state index is 11.6. The number of carbonyl (C=O) groups is 2. The predicted octanol–water partition coefficient (Wildman–Crippen LogP) is 1.89. The van der Waals surface area contributed by atoms with Crippen molar-refractivity contribution in [3.8, 4) is 0 Å². The number of pyridine rings is 1. The van der Waals surface area contributed by atoms with Gasteiger partial charge in [0.25, 0.3) is 0 Å². The highest BCUT2D eigenvalue weighted by Crippen LogP contribution is 2.23. The van der Waals surface area contributed by atoms with Gasteiger partial charge in [0.2, 0.25) is 11.8 Å². The van der Waals surface area contributed by atoms with E-state index < -0.39 is 0 Å². The minimum absolute atomic E-state index is 0.147. The van der Waals surface area contributed by atoms with Gasteiger partial charge in [-0.3, -0.25) is 14.6 Å². The van der Waals surface area contributed by atoms with Crippen molar-refractivity contribution in [2.45, 2.75) is 19.3 Å². The van der Waals surface area contributed by atoms with Gasteiger partial charge in [-0.1, -0.05) is 0 Å². The molecule has 15 heavy (non-hydrogen) atoms. The number of rotatable bonds is 1. The van der Waals surface area contributed by atoms with Crippen molar-refractivity contribution in [2.75, 3.05) is 4.90 Å². The van der Waals surface area contributed by atoms with Crippen LogP contribution in [0, 0.1) is 0 Å². The van der Waals surface area contributed by atoms with Crippen LogP contribution in [0.2, 0.25) is 0 Å². The van der Waals surface area contributed by atoms with Crippen LogP contribution in [0.25, 0.3) is 0 Å². The van der Waals surface area contributed by atoms with E-state index >= 15 is 0 Å². The molecule has 5 heteroatoms. The standard InChI is InChI=1S/C10H9BrN2O2/c11-7-4-8(6-12-5-7)13-9(14)2-1-3-10(13)15/h4-6H,1-3H2. The Morgan fingerprint density at radius 2 is 1.87 bits per heavy atom.